The molecule has 6 heavy (non-hydrogen) atoms. The maximum Gasteiger partial charge on any atom is 0.0938 e. The third kappa shape index (κ3) is 3.88. The van der Waals surface area contributed by atoms with Crippen LogP contribution in [0.2, 0.25) is 0 Å². The Labute approximate surface area is 36.7 Å². The lowest BCUT2D eigenvalue weighted by molar-refractivity contribution is 0.0588. The van der Waals surface area contributed by atoms with E-state index in [-0.39, 0.29) is 6.61 Å². The number of hydrogen-bond donors (Lipinski definition) is 2. The van der Waals surface area contributed by atoms with Gasteiger partial charge in [0.05, 0.1) is 12.7 Å². The highest BCUT2D eigenvalue weighted by Crippen LogP contribution is 1.72. The van der Waals surface area contributed by atoms with Crippen LogP contribution in [0.25, 0.3) is 0 Å². The molecule has 3 nitrogen and oxygen atoms in total. The van der Waals surface area contributed by atoms with Crippen LogP contribution in [0.1, 0.15) is 0 Å². The van der Waals surface area contributed by atoms with Gasteiger partial charge in [-0.1, -0.05) is 0 Å². The topological polar surface area (TPSA) is 55.5 Å². The molecular formula is C3H8NO2. The second kappa shape index (κ2) is 3.08. The van der Waals surface area contributed by atoms with E-state index in [4.69, 9.17) is 5.11 Å². The molecule has 0 spiro atoms. The van der Waals surface area contributed by atoms with Gasteiger partial charge in [0.15, 0.2) is 0 Å². The van der Waals surface area contributed by atoms with Crippen molar-refractivity contribution in [1.29, 1.82) is 0 Å². The van der Waals surface area contributed by atoms with Crippen molar-refractivity contribution in [1.82, 2.24) is 0 Å². The molecule has 1 unspecified atom stereocenters. The first-order valence-electron chi connectivity index (χ1n) is 1.60. The van der Waals surface area contributed by atoms with Crippen molar-refractivity contribution < 1.29 is 9.94 Å². The van der Waals surface area contributed by atoms with E-state index in [2.05, 4.69) is 17.7 Å². The van der Waals surface area contributed by atoms with E-state index < -0.39 is 6.10 Å². The van der Waals surface area contributed by atoms with Crippen molar-refractivity contribution in [2.24, 2.45) is 5.90 Å². The standard InChI is InChI=1S/C3H8NO2/c1-3(5)2-6-4/h3,5H,1-2,4H2. The molecule has 0 fully saturated rings. The Morgan fingerprint density at radius 1 is 2.00 bits per heavy atom. The third-order valence-electron chi connectivity index (χ3n) is 0.289. The zero-order valence-corrected chi connectivity index (χ0v) is 3.42. The molecule has 3 N–H and O–H groups in total. The maximum absolute atomic E-state index is 8.24. The third-order valence-corrected chi connectivity index (χ3v) is 0.289. The zero-order chi connectivity index (χ0) is 4.99. The Morgan fingerprint density at radius 3 is 2.50 bits per heavy atom. The van der Waals surface area contributed by atoms with Gasteiger partial charge in [-0.15, -0.1) is 0 Å². The highest BCUT2D eigenvalue weighted by Gasteiger charge is 1.88. The molecule has 0 heterocycles. The Hall–Kier alpha value is -0.120. The molecular weight excluding hydrogens is 82.0 g/mol. The molecule has 0 aromatic rings. The van der Waals surface area contributed by atoms with Gasteiger partial charge in [0.2, 0.25) is 0 Å². The SMILES string of the molecule is [CH2]C(O)CON. The lowest BCUT2D eigenvalue weighted by atomic mass is 10.5. The molecule has 0 bridgehead atoms. The van der Waals surface area contributed by atoms with Crippen molar-refractivity contribution in [2.75, 3.05) is 6.61 Å². The van der Waals surface area contributed by atoms with Crippen LogP contribution in [0, 0.1) is 6.92 Å². The second-order valence-corrected chi connectivity index (χ2v) is 0.987. The fourth-order valence-electron chi connectivity index (χ4n) is 0.111. The summed E-state index contributed by atoms with van der Waals surface area (Å²) in [4.78, 5) is 3.99. The summed E-state index contributed by atoms with van der Waals surface area (Å²) in [7, 11) is 0. The summed E-state index contributed by atoms with van der Waals surface area (Å²) in [6.07, 6.45) is -0.699. The summed E-state index contributed by atoms with van der Waals surface area (Å²) < 4.78 is 0. The van der Waals surface area contributed by atoms with Gasteiger partial charge in [0.25, 0.3) is 0 Å². The van der Waals surface area contributed by atoms with E-state index >= 15 is 0 Å². The Bertz CT molecular complexity index is 30.0. The van der Waals surface area contributed by atoms with Crippen molar-refractivity contribution in [2.45, 2.75) is 6.10 Å². The average Bonchev–Trinajstić information content (AvgIpc) is 1.35. The zero-order valence-electron chi connectivity index (χ0n) is 3.42. The molecule has 3 heteroatoms. The number of rotatable bonds is 2. The van der Waals surface area contributed by atoms with Gasteiger partial charge in [0, 0.05) is 0 Å². The van der Waals surface area contributed by atoms with E-state index in [0.717, 1.165) is 0 Å². The van der Waals surface area contributed by atoms with Gasteiger partial charge in [-0.05, 0) is 6.92 Å². The smallest absolute Gasteiger partial charge is 0.0938 e. The predicted octanol–water partition coefficient (Wildman–Crippen LogP) is -0.928. The normalized spacial score (nSPS) is 14.5. The van der Waals surface area contributed by atoms with Crippen LogP contribution in [-0.4, -0.2) is 17.8 Å². The molecule has 37 valence electrons. The minimum atomic E-state index is -0.699. The molecule has 0 saturated carbocycles. The first-order valence-corrected chi connectivity index (χ1v) is 1.60. The van der Waals surface area contributed by atoms with Gasteiger partial charge in [-0.25, -0.2) is 5.90 Å². The van der Waals surface area contributed by atoms with E-state index in [9.17, 15) is 0 Å². The summed E-state index contributed by atoms with van der Waals surface area (Å²) in [6, 6.07) is 0. The van der Waals surface area contributed by atoms with Gasteiger partial charge in [-0.3, -0.25) is 0 Å². The van der Waals surface area contributed by atoms with E-state index in [1.807, 2.05) is 0 Å². The fourth-order valence-corrected chi connectivity index (χ4v) is 0.111. The molecule has 0 aliphatic carbocycles. The average molecular weight is 90.1 g/mol. The van der Waals surface area contributed by atoms with E-state index in [1.54, 1.807) is 0 Å². The van der Waals surface area contributed by atoms with Crippen LogP contribution in [0.3, 0.4) is 0 Å². The monoisotopic (exact) mass is 90.1 g/mol. The van der Waals surface area contributed by atoms with Crippen molar-refractivity contribution in [3.8, 4) is 0 Å². The Morgan fingerprint density at radius 2 is 2.50 bits per heavy atom. The number of aliphatic hydroxyl groups excluding tert-OH is 1. The highest BCUT2D eigenvalue weighted by atomic mass is 16.6. The van der Waals surface area contributed by atoms with Crippen LogP contribution >= 0.6 is 0 Å². The second-order valence-electron chi connectivity index (χ2n) is 0.987. The quantitative estimate of drug-likeness (QED) is 0.431. The molecule has 0 aromatic carbocycles. The minimum Gasteiger partial charge on any atom is -0.391 e. The van der Waals surface area contributed by atoms with Crippen molar-refractivity contribution >= 4 is 0 Å². The summed E-state index contributed by atoms with van der Waals surface area (Å²) in [5, 5.41) is 8.24. The van der Waals surface area contributed by atoms with Crippen LogP contribution in [-0.2, 0) is 4.84 Å². The molecule has 1 atom stereocenters. The molecule has 0 saturated heterocycles. The number of hydrogen-bond acceptors (Lipinski definition) is 3. The first-order chi connectivity index (χ1) is 2.77. The summed E-state index contributed by atoms with van der Waals surface area (Å²) >= 11 is 0. The molecule has 0 rings (SSSR count). The molecule has 0 aromatic heterocycles. The van der Waals surface area contributed by atoms with Crippen molar-refractivity contribution in [3.05, 3.63) is 6.92 Å². The molecule has 0 aliphatic rings. The first kappa shape index (κ1) is 5.88. The molecule has 0 amide bonds. The van der Waals surface area contributed by atoms with Crippen molar-refractivity contribution in [3.63, 3.8) is 0 Å². The van der Waals surface area contributed by atoms with Crippen LogP contribution in [0.5, 0.6) is 0 Å². The Kier molecular flexibility index (Phi) is 3.02. The van der Waals surface area contributed by atoms with E-state index in [1.165, 1.54) is 0 Å². The lowest BCUT2D eigenvalue weighted by Crippen LogP contribution is -2.13. The minimum absolute atomic E-state index is 0.0972. The lowest BCUT2D eigenvalue weighted by Gasteiger charge is -1.96. The Balaban J connectivity index is 2.63. The highest BCUT2D eigenvalue weighted by molar-refractivity contribution is 4.50. The van der Waals surface area contributed by atoms with Gasteiger partial charge in [-0.2, -0.15) is 0 Å². The fraction of sp³-hybridized carbons (Fsp3) is 0.667. The van der Waals surface area contributed by atoms with Crippen LogP contribution < -0.4 is 5.90 Å². The van der Waals surface area contributed by atoms with Gasteiger partial charge in [0.1, 0.15) is 0 Å². The largest absolute Gasteiger partial charge is 0.391 e. The van der Waals surface area contributed by atoms with Gasteiger partial charge < -0.3 is 9.94 Å². The predicted molar refractivity (Wildman–Crippen MR) is 21.5 cm³/mol. The van der Waals surface area contributed by atoms with E-state index in [0.29, 0.717) is 0 Å². The van der Waals surface area contributed by atoms with Gasteiger partial charge >= 0.3 is 0 Å². The maximum atomic E-state index is 8.24. The molecule has 1 radical (unpaired) electrons. The van der Waals surface area contributed by atoms with Crippen LogP contribution in [0.4, 0.5) is 0 Å². The summed E-state index contributed by atoms with van der Waals surface area (Å²) in [6.45, 7) is 3.28. The summed E-state index contributed by atoms with van der Waals surface area (Å²) in [5.74, 6) is 4.53. The molecule has 0 aliphatic heterocycles. The van der Waals surface area contributed by atoms with Crippen LogP contribution in [0.15, 0.2) is 0 Å². The number of nitrogens with two attached hydrogens (primary N) is 1. The number of aliphatic hydroxyl groups is 1. The summed E-state index contributed by atoms with van der Waals surface area (Å²) in [5.41, 5.74) is 0.